The van der Waals surface area contributed by atoms with Crippen molar-refractivity contribution in [2.75, 3.05) is 13.2 Å². The van der Waals surface area contributed by atoms with E-state index in [4.69, 9.17) is 10.5 Å². The number of nitrogens with two attached hydrogens (primary N) is 1. The highest BCUT2D eigenvalue weighted by Gasteiger charge is 2.16. The zero-order valence-electron chi connectivity index (χ0n) is 20.3. The Kier molecular flexibility index (Phi) is 7.12. The number of azo groups is 1. The number of hydrogen-bond donors (Lipinski definition) is 3. The number of carboxylic acid groups (broad SMARTS) is 1. The average Bonchev–Trinajstić information content (AvgIpc) is 3.16. The highest BCUT2D eigenvalue weighted by Crippen LogP contribution is 2.39. The number of hydrogen-bond acceptors (Lipinski definition) is 6. The first-order chi connectivity index (χ1) is 17.3. The van der Waals surface area contributed by atoms with Crippen molar-refractivity contribution in [1.29, 1.82) is 0 Å². The molecule has 4 aromatic rings. The van der Waals surface area contributed by atoms with Crippen molar-refractivity contribution < 1.29 is 14.6 Å². The Balaban J connectivity index is 1.76. The fourth-order valence-corrected chi connectivity index (χ4v) is 3.77. The third-order valence-corrected chi connectivity index (χ3v) is 5.83. The number of aromatic amines is 1. The van der Waals surface area contributed by atoms with E-state index in [1.807, 2.05) is 32.0 Å². The van der Waals surface area contributed by atoms with Crippen molar-refractivity contribution in [2.45, 2.75) is 20.8 Å². The van der Waals surface area contributed by atoms with E-state index in [9.17, 15) is 14.7 Å². The van der Waals surface area contributed by atoms with E-state index in [1.165, 1.54) is 10.7 Å². The molecule has 0 aliphatic rings. The van der Waals surface area contributed by atoms with Gasteiger partial charge in [-0.3, -0.25) is 9.89 Å². The summed E-state index contributed by atoms with van der Waals surface area (Å²) < 4.78 is 7.34. The van der Waals surface area contributed by atoms with Gasteiger partial charge in [0.2, 0.25) is 0 Å². The van der Waals surface area contributed by atoms with E-state index in [0.29, 0.717) is 33.9 Å². The third kappa shape index (κ3) is 4.96. The van der Waals surface area contributed by atoms with Crippen molar-refractivity contribution in [1.82, 2.24) is 9.78 Å². The first kappa shape index (κ1) is 24.6. The molecule has 9 heteroatoms. The Morgan fingerprint density at radius 1 is 1.03 bits per heavy atom. The van der Waals surface area contributed by atoms with Crippen LogP contribution in [0.25, 0.3) is 16.8 Å². The van der Waals surface area contributed by atoms with Crippen molar-refractivity contribution in [3.05, 3.63) is 93.4 Å². The number of rotatable bonds is 8. The SMILES string of the molecule is Cc1ccc(-n2[nH]c(C)c(N=Nc3cccc(-c4cccc(C(=O)O)c4)c3OCCN)c2=O)cc1C. The maximum absolute atomic E-state index is 13.1. The summed E-state index contributed by atoms with van der Waals surface area (Å²) in [6.07, 6.45) is 0. The van der Waals surface area contributed by atoms with Crippen LogP contribution < -0.4 is 16.0 Å². The van der Waals surface area contributed by atoms with Gasteiger partial charge < -0.3 is 15.6 Å². The van der Waals surface area contributed by atoms with Crippen molar-refractivity contribution in [3.63, 3.8) is 0 Å². The molecule has 0 saturated heterocycles. The quantitative estimate of drug-likeness (QED) is 0.295. The Morgan fingerprint density at radius 3 is 2.53 bits per heavy atom. The summed E-state index contributed by atoms with van der Waals surface area (Å²) in [5.41, 5.74) is 10.8. The number of aromatic nitrogens is 2. The number of para-hydroxylation sites is 1. The lowest BCUT2D eigenvalue weighted by molar-refractivity contribution is 0.0697. The topological polar surface area (TPSA) is 135 Å². The zero-order chi connectivity index (χ0) is 25.8. The van der Waals surface area contributed by atoms with Gasteiger partial charge in [0.1, 0.15) is 12.3 Å². The molecular formula is C27H27N5O4. The van der Waals surface area contributed by atoms with E-state index in [-0.39, 0.29) is 30.0 Å². The van der Waals surface area contributed by atoms with Crippen LogP contribution in [0.5, 0.6) is 5.75 Å². The molecule has 9 nitrogen and oxygen atoms in total. The van der Waals surface area contributed by atoms with Crippen molar-refractivity contribution in [3.8, 4) is 22.6 Å². The Labute approximate surface area is 207 Å². The van der Waals surface area contributed by atoms with Gasteiger partial charge in [-0.25, -0.2) is 9.48 Å². The summed E-state index contributed by atoms with van der Waals surface area (Å²) in [5.74, 6) is -0.628. The normalized spacial score (nSPS) is 11.2. The summed E-state index contributed by atoms with van der Waals surface area (Å²) in [6.45, 7) is 6.26. The largest absolute Gasteiger partial charge is 0.489 e. The Bertz CT molecular complexity index is 1520. The van der Waals surface area contributed by atoms with Crippen LogP contribution in [0.4, 0.5) is 11.4 Å². The molecule has 4 rings (SSSR count). The second-order valence-electron chi connectivity index (χ2n) is 8.37. The molecule has 36 heavy (non-hydrogen) atoms. The number of H-pyrrole nitrogens is 1. The molecule has 0 saturated carbocycles. The minimum absolute atomic E-state index is 0.152. The number of aromatic carboxylic acids is 1. The van der Waals surface area contributed by atoms with Crippen LogP contribution in [0.2, 0.25) is 0 Å². The third-order valence-electron chi connectivity index (χ3n) is 5.83. The minimum atomic E-state index is -1.03. The second-order valence-corrected chi connectivity index (χ2v) is 8.37. The number of carbonyl (C=O) groups is 1. The number of ether oxygens (including phenoxy) is 1. The first-order valence-corrected chi connectivity index (χ1v) is 11.4. The molecule has 0 amide bonds. The van der Waals surface area contributed by atoms with Crippen molar-refractivity contribution >= 4 is 17.3 Å². The van der Waals surface area contributed by atoms with Crippen LogP contribution in [0.1, 0.15) is 27.2 Å². The summed E-state index contributed by atoms with van der Waals surface area (Å²) in [7, 11) is 0. The lowest BCUT2D eigenvalue weighted by atomic mass is 10.0. The van der Waals surface area contributed by atoms with E-state index in [2.05, 4.69) is 15.3 Å². The van der Waals surface area contributed by atoms with Gasteiger partial charge >= 0.3 is 5.97 Å². The smallest absolute Gasteiger partial charge is 0.335 e. The summed E-state index contributed by atoms with van der Waals surface area (Å²) in [5, 5.41) is 21.1. The van der Waals surface area contributed by atoms with Gasteiger partial charge in [0.25, 0.3) is 5.56 Å². The standard InChI is InChI=1S/C27H27N5O4/c1-16-10-11-21(14-17(16)2)32-26(33)24(18(3)31-32)30-29-23-9-5-8-22(25(23)36-13-12-28)19-6-4-7-20(15-19)27(34)35/h4-11,14-15,31H,12-13,28H2,1-3H3,(H,34,35). The van der Waals surface area contributed by atoms with E-state index in [1.54, 1.807) is 43.3 Å². The van der Waals surface area contributed by atoms with Gasteiger partial charge in [-0.2, -0.15) is 0 Å². The number of nitrogens with one attached hydrogen (secondary N) is 1. The van der Waals surface area contributed by atoms with Crippen molar-refractivity contribution in [2.24, 2.45) is 16.0 Å². The molecule has 0 aliphatic heterocycles. The van der Waals surface area contributed by atoms with Crippen LogP contribution in [-0.4, -0.2) is 34.0 Å². The van der Waals surface area contributed by atoms with Gasteiger partial charge in [0.15, 0.2) is 11.4 Å². The summed E-state index contributed by atoms with van der Waals surface area (Å²) >= 11 is 0. The van der Waals surface area contributed by atoms with Crippen LogP contribution in [0.15, 0.2) is 75.7 Å². The molecule has 0 bridgehead atoms. The predicted molar refractivity (Wildman–Crippen MR) is 138 cm³/mol. The molecule has 1 heterocycles. The van der Waals surface area contributed by atoms with Gasteiger partial charge in [-0.05, 0) is 67.8 Å². The van der Waals surface area contributed by atoms with Gasteiger partial charge in [0, 0.05) is 12.1 Å². The predicted octanol–water partition coefficient (Wildman–Crippen LogP) is 5.21. The molecule has 1 aromatic heterocycles. The maximum Gasteiger partial charge on any atom is 0.335 e. The molecule has 0 atom stereocenters. The molecule has 0 unspecified atom stereocenters. The number of benzene rings is 3. The Hall–Kier alpha value is -4.50. The number of carboxylic acids is 1. The van der Waals surface area contributed by atoms with Gasteiger partial charge in [-0.1, -0.05) is 30.3 Å². The van der Waals surface area contributed by atoms with Crippen LogP contribution in [0, 0.1) is 20.8 Å². The monoisotopic (exact) mass is 485 g/mol. The fraction of sp³-hybridized carbons (Fsp3) is 0.185. The summed E-state index contributed by atoms with van der Waals surface area (Å²) in [6, 6.07) is 17.6. The average molecular weight is 486 g/mol. The molecule has 184 valence electrons. The molecule has 4 N–H and O–H groups in total. The maximum atomic E-state index is 13.1. The van der Waals surface area contributed by atoms with Gasteiger partial charge in [0.05, 0.1) is 16.9 Å². The molecule has 0 fully saturated rings. The van der Waals surface area contributed by atoms with Gasteiger partial charge in [-0.15, -0.1) is 10.2 Å². The highest BCUT2D eigenvalue weighted by atomic mass is 16.5. The number of nitrogens with zero attached hydrogens (tertiary/aromatic N) is 3. The van der Waals surface area contributed by atoms with E-state index < -0.39 is 5.97 Å². The number of aryl methyl sites for hydroxylation is 3. The molecule has 3 aromatic carbocycles. The Morgan fingerprint density at radius 2 is 1.81 bits per heavy atom. The second kappa shape index (κ2) is 10.4. The zero-order valence-corrected chi connectivity index (χ0v) is 20.3. The van der Waals surface area contributed by atoms with E-state index in [0.717, 1.165) is 11.1 Å². The van der Waals surface area contributed by atoms with Crippen LogP contribution >= 0.6 is 0 Å². The minimum Gasteiger partial charge on any atom is -0.489 e. The molecule has 0 aliphatic carbocycles. The lowest BCUT2D eigenvalue weighted by Crippen LogP contribution is -2.14. The molecule has 0 radical (unpaired) electrons. The first-order valence-electron chi connectivity index (χ1n) is 11.4. The van der Waals surface area contributed by atoms with Crippen LogP contribution in [0.3, 0.4) is 0 Å². The molecular weight excluding hydrogens is 458 g/mol. The molecule has 0 spiro atoms. The lowest BCUT2D eigenvalue weighted by Gasteiger charge is -2.13. The van der Waals surface area contributed by atoms with Crippen LogP contribution in [-0.2, 0) is 0 Å². The highest BCUT2D eigenvalue weighted by molar-refractivity contribution is 5.90. The fourth-order valence-electron chi connectivity index (χ4n) is 3.77. The summed E-state index contributed by atoms with van der Waals surface area (Å²) in [4.78, 5) is 24.6. The van der Waals surface area contributed by atoms with E-state index >= 15 is 0 Å².